The molecule has 1 aliphatic rings. The predicted molar refractivity (Wildman–Crippen MR) is 115 cm³/mol. The van der Waals surface area contributed by atoms with E-state index in [1.54, 1.807) is 6.07 Å². The van der Waals surface area contributed by atoms with Crippen LogP contribution in [0.3, 0.4) is 0 Å². The van der Waals surface area contributed by atoms with Crippen molar-refractivity contribution in [3.05, 3.63) is 59.9 Å². The van der Waals surface area contributed by atoms with Crippen LogP contribution in [0.15, 0.2) is 52.9 Å². The van der Waals surface area contributed by atoms with Gasteiger partial charge in [-0.25, -0.2) is 4.79 Å². The molecule has 0 aliphatic carbocycles. The van der Waals surface area contributed by atoms with Crippen LogP contribution >= 0.6 is 0 Å². The van der Waals surface area contributed by atoms with Crippen molar-refractivity contribution in [1.29, 1.82) is 0 Å². The summed E-state index contributed by atoms with van der Waals surface area (Å²) in [5.41, 5.74) is 2.86. The molecule has 1 amide bonds. The van der Waals surface area contributed by atoms with Gasteiger partial charge in [0.1, 0.15) is 5.58 Å². The van der Waals surface area contributed by atoms with Gasteiger partial charge in [-0.15, -0.1) is 0 Å². The second kappa shape index (κ2) is 9.63. The molecule has 1 aliphatic heterocycles. The third-order valence-corrected chi connectivity index (χ3v) is 5.03. The number of furan rings is 1. The minimum atomic E-state index is -0.707. The topological polar surface area (TPSA) is 90.2 Å². The van der Waals surface area contributed by atoms with E-state index in [0.717, 1.165) is 24.2 Å². The van der Waals surface area contributed by atoms with E-state index in [0.29, 0.717) is 30.0 Å². The Morgan fingerprint density at radius 2 is 1.81 bits per heavy atom. The van der Waals surface area contributed by atoms with Crippen LogP contribution in [0.1, 0.15) is 16.1 Å². The second-order valence-electron chi connectivity index (χ2n) is 7.11. The maximum Gasteiger partial charge on any atom is 0.375 e. The summed E-state index contributed by atoms with van der Waals surface area (Å²) < 4.78 is 21.4. The van der Waals surface area contributed by atoms with Crippen LogP contribution in [-0.4, -0.2) is 51.9 Å². The van der Waals surface area contributed by atoms with E-state index in [-0.39, 0.29) is 12.4 Å². The zero-order valence-electron chi connectivity index (χ0n) is 17.3. The highest BCUT2D eigenvalue weighted by Gasteiger charge is 2.22. The average Bonchev–Trinajstić information content (AvgIpc) is 3.17. The zero-order valence-corrected chi connectivity index (χ0v) is 17.3. The van der Waals surface area contributed by atoms with E-state index in [1.807, 2.05) is 42.5 Å². The molecule has 0 bridgehead atoms. The Balaban J connectivity index is 1.35. The summed E-state index contributed by atoms with van der Waals surface area (Å²) in [5.74, 6) is -1.09. The molecule has 0 saturated carbocycles. The molecule has 4 rings (SSSR count). The second-order valence-corrected chi connectivity index (χ2v) is 7.11. The number of hydrogen-bond acceptors (Lipinski definition) is 7. The summed E-state index contributed by atoms with van der Waals surface area (Å²) in [6, 6.07) is 14.8. The zero-order chi connectivity index (χ0) is 21.6. The number of benzene rings is 2. The maximum atomic E-state index is 12.5. The third-order valence-electron chi connectivity index (χ3n) is 5.03. The number of anilines is 2. The fourth-order valence-electron chi connectivity index (χ4n) is 3.52. The van der Waals surface area contributed by atoms with E-state index in [9.17, 15) is 9.59 Å². The number of carbonyl (C=O) groups is 2. The van der Waals surface area contributed by atoms with Gasteiger partial charge in [-0.1, -0.05) is 18.2 Å². The largest absolute Gasteiger partial charge is 0.450 e. The van der Waals surface area contributed by atoms with Crippen LogP contribution < -0.4 is 10.2 Å². The molecule has 2 heterocycles. The minimum Gasteiger partial charge on any atom is -0.450 e. The maximum absolute atomic E-state index is 12.5. The van der Waals surface area contributed by atoms with Gasteiger partial charge in [0.25, 0.3) is 5.91 Å². The Morgan fingerprint density at radius 1 is 1.06 bits per heavy atom. The van der Waals surface area contributed by atoms with E-state index in [1.165, 1.54) is 7.11 Å². The summed E-state index contributed by atoms with van der Waals surface area (Å²) in [6.07, 6.45) is 0. The highest BCUT2D eigenvalue weighted by Crippen LogP contribution is 2.27. The summed E-state index contributed by atoms with van der Waals surface area (Å²) in [5, 5.41) is 3.51. The van der Waals surface area contributed by atoms with E-state index < -0.39 is 18.5 Å². The van der Waals surface area contributed by atoms with Crippen molar-refractivity contribution >= 4 is 34.2 Å². The molecule has 1 saturated heterocycles. The number of morpholine rings is 1. The van der Waals surface area contributed by atoms with E-state index in [4.69, 9.17) is 18.6 Å². The number of nitrogens with one attached hydrogen (secondary N) is 1. The van der Waals surface area contributed by atoms with Gasteiger partial charge in [0.2, 0.25) is 5.76 Å². The van der Waals surface area contributed by atoms with Gasteiger partial charge in [0.15, 0.2) is 6.61 Å². The summed E-state index contributed by atoms with van der Waals surface area (Å²) in [6.45, 7) is 2.88. The van der Waals surface area contributed by atoms with Crippen molar-refractivity contribution in [1.82, 2.24) is 0 Å². The van der Waals surface area contributed by atoms with Gasteiger partial charge < -0.3 is 28.8 Å². The van der Waals surface area contributed by atoms with Crippen LogP contribution in [0.4, 0.5) is 11.4 Å². The van der Waals surface area contributed by atoms with Crippen LogP contribution in [0, 0.1) is 0 Å². The molecule has 0 atom stereocenters. The van der Waals surface area contributed by atoms with Crippen LogP contribution in [0.5, 0.6) is 0 Å². The molecule has 8 nitrogen and oxygen atoms in total. The van der Waals surface area contributed by atoms with Crippen molar-refractivity contribution in [3.8, 4) is 0 Å². The van der Waals surface area contributed by atoms with Crippen molar-refractivity contribution < 1.29 is 28.2 Å². The number of carbonyl (C=O) groups excluding carboxylic acids is 2. The first-order valence-corrected chi connectivity index (χ1v) is 10.0. The van der Waals surface area contributed by atoms with Gasteiger partial charge in [-0.2, -0.15) is 0 Å². The standard InChI is InChI=1S/C23H24N2O6/c1-28-14-19-18-4-2-3-5-20(18)31-22(19)23(27)30-15-21(26)24-16-6-8-17(9-7-16)25-10-12-29-13-11-25/h2-9H,10-15H2,1H3,(H,24,26). The molecule has 1 N–H and O–H groups in total. The highest BCUT2D eigenvalue weighted by molar-refractivity contribution is 5.98. The molecule has 1 fully saturated rings. The molecule has 3 aromatic rings. The fourth-order valence-corrected chi connectivity index (χ4v) is 3.52. The lowest BCUT2D eigenvalue weighted by Crippen LogP contribution is -2.36. The first kappa shape index (κ1) is 20.9. The molecule has 0 radical (unpaired) electrons. The summed E-state index contributed by atoms with van der Waals surface area (Å²) in [4.78, 5) is 27.0. The van der Waals surface area contributed by atoms with Gasteiger partial charge in [0, 0.05) is 42.5 Å². The number of fused-ring (bicyclic) bond motifs is 1. The SMILES string of the molecule is COCc1c(C(=O)OCC(=O)Nc2ccc(N3CCOCC3)cc2)oc2ccccc12. The van der Waals surface area contributed by atoms with Gasteiger partial charge in [-0.05, 0) is 30.3 Å². The van der Waals surface area contributed by atoms with Crippen molar-refractivity contribution in [2.24, 2.45) is 0 Å². The van der Waals surface area contributed by atoms with Crippen LogP contribution in [0.2, 0.25) is 0 Å². The van der Waals surface area contributed by atoms with Gasteiger partial charge in [0.05, 0.1) is 19.8 Å². The molecular formula is C23H24N2O6. The van der Waals surface area contributed by atoms with Gasteiger partial charge in [-0.3, -0.25) is 4.79 Å². The Labute approximate surface area is 179 Å². The number of ether oxygens (including phenoxy) is 3. The fraction of sp³-hybridized carbons (Fsp3) is 0.304. The summed E-state index contributed by atoms with van der Waals surface area (Å²) >= 11 is 0. The monoisotopic (exact) mass is 424 g/mol. The average molecular weight is 424 g/mol. The minimum absolute atomic E-state index is 0.0470. The lowest BCUT2D eigenvalue weighted by Gasteiger charge is -2.28. The highest BCUT2D eigenvalue weighted by atomic mass is 16.5. The molecular weight excluding hydrogens is 400 g/mol. The molecule has 162 valence electrons. The smallest absolute Gasteiger partial charge is 0.375 e. The Hall–Kier alpha value is -3.36. The molecule has 0 spiro atoms. The first-order valence-electron chi connectivity index (χ1n) is 10.0. The lowest BCUT2D eigenvalue weighted by atomic mass is 10.1. The summed E-state index contributed by atoms with van der Waals surface area (Å²) in [7, 11) is 1.54. The van der Waals surface area contributed by atoms with Crippen molar-refractivity contribution in [2.45, 2.75) is 6.61 Å². The third kappa shape index (κ3) is 4.87. The molecule has 8 heteroatoms. The number of rotatable bonds is 7. The van der Waals surface area contributed by atoms with E-state index in [2.05, 4.69) is 10.2 Å². The Kier molecular flexibility index (Phi) is 6.49. The van der Waals surface area contributed by atoms with E-state index >= 15 is 0 Å². The lowest BCUT2D eigenvalue weighted by molar-refractivity contribution is -0.119. The van der Waals surface area contributed by atoms with Crippen LogP contribution in [-0.2, 0) is 25.6 Å². The number of esters is 1. The predicted octanol–water partition coefficient (Wildman–Crippen LogP) is 3.21. The number of amides is 1. The normalized spacial score (nSPS) is 13.9. The molecule has 1 aromatic heterocycles. The van der Waals surface area contributed by atoms with Gasteiger partial charge >= 0.3 is 5.97 Å². The Bertz CT molecular complexity index is 1050. The number of nitrogens with zero attached hydrogens (tertiary/aromatic N) is 1. The number of methoxy groups -OCH3 is 1. The van der Waals surface area contributed by atoms with Crippen molar-refractivity contribution in [3.63, 3.8) is 0 Å². The number of para-hydroxylation sites is 1. The van der Waals surface area contributed by atoms with Crippen molar-refractivity contribution in [2.75, 3.05) is 50.2 Å². The molecule has 31 heavy (non-hydrogen) atoms. The quantitative estimate of drug-likeness (QED) is 0.583. The first-order chi connectivity index (χ1) is 15.2. The Morgan fingerprint density at radius 3 is 2.55 bits per heavy atom. The molecule has 2 aromatic carbocycles. The van der Waals surface area contributed by atoms with Crippen LogP contribution in [0.25, 0.3) is 11.0 Å². The number of hydrogen-bond donors (Lipinski definition) is 1. The molecule has 0 unspecified atom stereocenters.